The van der Waals surface area contributed by atoms with Crippen molar-refractivity contribution in [2.24, 2.45) is 0 Å². The number of nitrogens with one attached hydrogen (secondary N) is 1. The van der Waals surface area contributed by atoms with Crippen molar-refractivity contribution >= 4 is 61.7 Å². The summed E-state index contributed by atoms with van der Waals surface area (Å²) in [7, 11) is -3.75. The number of nitrogens with zero attached hydrogens (tertiary/aromatic N) is 2. The molecule has 0 aliphatic heterocycles. The highest BCUT2D eigenvalue weighted by Crippen LogP contribution is 2.22. The lowest BCUT2D eigenvalue weighted by atomic mass is 10.1. The Labute approximate surface area is 214 Å². The summed E-state index contributed by atoms with van der Waals surface area (Å²) in [5.41, 5.74) is 1.04. The number of halogens is 2. The van der Waals surface area contributed by atoms with Crippen molar-refractivity contribution in [3.05, 3.63) is 62.7 Å². The third-order valence-corrected chi connectivity index (χ3v) is 7.49. The van der Waals surface area contributed by atoms with E-state index in [4.69, 9.17) is 11.6 Å². The number of rotatable bonds is 10. The summed E-state index contributed by atoms with van der Waals surface area (Å²) in [5, 5.41) is 3.35. The van der Waals surface area contributed by atoms with Crippen molar-refractivity contribution in [1.29, 1.82) is 0 Å². The summed E-state index contributed by atoms with van der Waals surface area (Å²) in [6, 6.07) is 13.0. The minimum absolute atomic E-state index is 0.0588. The molecule has 0 radical (unpaired) electrons. The minimum Gasteiger partial charge on any atom is -0.352 e. The number of hydrogen-bond donors (Lipinski definition) is 1. The van der Waals surface area contributed by atoms with Gasteiger partial charge in [-0.25, -0.2) is 8.42 Å². The fourth-order valence-electron chi connectivity index (χ4n) is 3.08. The number of benzene rings is 2. The lowest BCUT2D eigenvalue weighted by Crippen LogP contribution is -2.52. The van der Waals surface area contributed by atoms with E-state index >= 15 is 0 Å². The zero-order valence-electron chi connectivity index (χ0n) is 19.1. The molecule has 0 spiro atoms. The van der Waals surface area contributed by atoms with E-state index in [1.807, 2.05) is 13.8 Å². The average molecular weight is 606 g/mol. The van der Waals surface area contributed by atoms with Crippen molar-refractivity contribution in [1.82, 2.24) is 10.2 Å². The first kappa shape index (κ1) is 27.4. The molecule has 0 aliphatic rings. The van der Waals surface area contributed by atoms with E-state index < -0.39 is 28.5 Å². The van der Waals surface area contributed by atoms with Crippen LogP contribution in [0.1, 0.15) is 32.8 Å². The highest BCUT2D eigenvalue weighted by atomic mass is 127. The highest BCUT2D eigenvalue weighted by Gasteiger charge is 2.30. The Bertz CT molecular complexity index is 1080. The molecule has 180 valence electrons. The van der Waals surface area contributed by atoms with Crippen LogP contribution in [0.4, 0.5) is 5.69 Å². The molecule has 0 bridgehead atoms. The van der Waals surface area contributed by atoms with Crippen LogP contribution in [0.2, 0.25) is 5.02 Å². The van der Waals surface area contributed by atoms with E-state index in [1.54, 1.807) is 55.5 Å². The van der Waals surface area contributed by atoms with Gasteiger partial charge in [-0.2, -0.15) is 0 Å². The maximum atomic E-state index is 13.5. The summed E-state index contributed by atoms with van der Waals surface area (Å²) < 4.78 is 27.0. The van der Waals surface area contributed by atoms with Crippen molar-refractivity contribution in [2.45, 2.75) is 45.8 Å². The van der Waals surface area contributed by atoms with Crippen molar-refractivity contribution in [3.63, 3.8) is 0 Å². The molecule has 0 saturated heterocycles. The third kappa shape index (κ3) is 7.86. The van der Waals surface area contributed by atoms with E-state index in [9.17, 15) is 18.0 Å². The summed E-state index contributed by atoms with van der Waals surface area (Å²) >= 11 is 8.43. The summed E-state index contributed by atoms with van der Waals surface area (Å²) in [6.45, 7) is 5.09. The number of anilines is 1. The summed E-state index contributed by atoms with van der Waals surface area (Å²) in [5.74, 6) is -0.823. The Hall–Kier alpha value is -1.85. The Morgan fingerprint density at radius 1 is 1.09 bits per heavy atom. The number of sulfonamides is 1. The third-order valence-electron chi connectivity index (χ3n) is 5.26. The Morgan fingerprint density at radius 2 is 1.70 bits per heavy atom. The van der Waals surface area contributed by atoms with Crippen molar-refractivity contribution in [2.75, 3.05) is 17.1 Å². The highest BCUT2D eigenvalue weighted by molar-refractivity contribution is 14.1. The maximum Gasteiger partial charge on any atom is 0.244 e. The monoisotopic (exact) mass is 605 g/mol. The molecule has 2 rings (SSSR count). The number of amides is 2. The fraction of sp³-hybridized carbons (Fsp3) is 0.391. The smallest absolute Gasteiger partial charge is 0.244 e. The largest absolute Gasteiger partial charge is 0.352 e. The molecular formula is C23H29ClIN3O4S. The molecule has 33 heavy (non-hydrogen) atoms. The number of carbonyl (C=O) groups is 2. The van der Waals surface area contributed by atoms with Gasteiger partial charge in [-0.3, -0.25) is 13.9 Å². The predicted molar refractivity (Wildman–Crippen MR) is 141 cm³/mol. The minimum atomic E-state index is -3.75. The first-order chi connectivity index (χ1) is 15.4. The second kappa shape index (κ2) is 12.0. The number of hydrogen-bond acceptors (Lipinski definition) is 4. The molecule has 7 nitrogen and oxygen atoms in total. The van der Waals surface area contributed by atoms with E-state index in [0.29, 0.717) is 16.3 Å². The van der Waals surface area contributed by atoms with Crippen LogP contribution in [0, 0.1) is 3.57 Å². The van der Waals surface area contributed by atoms with Crippen LogP contribution in [-0.4, -0.2) is 50.0 Å². The average Bonchev–Trinajstić information content (AvgIpc) is 2.76. The van der Waals surface area contributed by atoms with Crippen LogP contribution in [0.3, 0.4) is 0 Å². The molecule has 0 aliphatic carbocycles. The normalized spacial score (nSPS) is 13.2. The van der Waals surface area contributed by atoms with Gasteiger partial charge in [0, 0.05) is 21.2 Å². The zero-order valence-corrected chi connectivity index (χ0v) is 22.8. The van der Waals surface area contributed by atoms with E-state index in [1.165, 1.54) is 4.90 Å². The zero-order chi connectivity index (χ0) is 24.8. The molecule has 0 unspecified atom stereocenters. The molecule has 0 aromatic heterocycles. The summed E-state index contributed by atoms with van der Waals surface area (Å²) in [6.07, 6.45) is 1.79. The van der Waals surface area contributed by atoms with Crippen LogP contribution in [0.25, 0.3) is 0 Å². The van der Waals surface area contributed by atoms with Gasteiger partial charge < -0.3 is 10.2 Å². The first-order valence-electron chi connectivity index (χ1n) is 10.5. The SMILES string of the molecule is CC[C@H](C)NC(=O)[C@@H](C)N(Cc1ccccc1Cl)C(=O)CN(c1ccc(I)cc1)S(C)(=O)=O. The molecule has 2 amide bonds. The van der Waals surface area contributed by atoms with Gasteiger partial charge in [0.25, 0.3) is 0 Å². The molecule has 10 heteroatoms. The van der Waals surface area contributed by atoms with Crippen molar-refractivity contribution in [3.8, 4) is 0 Å². The van der Waals surface area contributed by atoms with Gasteiger partial charge in [0.15, 0.2) is 0 Å². The first-order valence-corrected chi connectivity index (χ1v) is 13.8. The van der Waals surface area contributed by atoms with Crippen molar-refractivity contribution < 1.29 is 18.0 Å². The standard InChI is InChI=1S/C23H29ClIN3O4S/c1-5-16(2)26-23(30)17(3)27(14-18-8-6-7-9-21(18)24)22(29)15-28(33(4,31)32)20-12-10-19(25)11-13-20/h6-13,16-17H,5,14-15H2,1-4H3,(H,26,30)/t16-,17+/m0/s1. The molecule has 1 N–H and O–H groups in total. The Kier molecular flexibility index (Phi) is 9.99. The van der Waals surface area contributed by atoms with Gasteiger partial charge in [-0.1, -0.05) is 36.7 Å². The van der Waals surface area contributed by atoms with Gasteiger partial charge in [0.1, 0.15) is 12.6 Å². The molecule has 0 fully saturated rings. The summed E-state index contributed by atoms with van der Waals surface area (Å²) in [4.78, 5) is 27.7. The van der Waals surface area contributed by atoms with Crippen LogP contribution in [-0.2, 0) is 26.2 Å². The maximum absolute atomic E-state index is 13.5. The van der Waals surface area contributed by atoms with Crippen LogP contribution in [0.5, 0.6) is 0 Å². The van der Waals surface area contributed by atoms with Crippen LogP contribution < -0.4 is 9.62 Å². The van der Waals surface area contributed by atoms with E-state index in [-0.39, 0.29) is 18.5 Å². The molecule has 0 heterocycles. The number of carbonyl (C=O) groups excluding carboxylic acids is 2. The molecule has 0 saturated carbocycles. The Morgan fingerprint density at radius 3 is 2.24 bits per heavy atom. The lowest BCUT2D eigenvalue weighted by Gasteiger charge is -2.32. The second-order valence-corrected chi connectivity index (χ2v) is 11.4. The molecule has 2 aromatic carbocycles. The second-order valence-electron chi connectivity index (χ2n) is 7.85. The molecule has 2 aromatic rings. The topological polar surface area (TPSA) is 86.8 Å². The van der Waals surface area contributed by atoms with Gasteiger partial charge in [-0.05, 0) is 78.8 Å². The van der Waals surface area contributed by atoms with Crippen LogP contribution in [0.15, 0.2) is 48.5 Å². The van der Waals surface area contributed by atoms with Gasteiger partial charge in [0.05, 0.1) is 11.9 Å². The van der Waals surface area contributed by atoms with E-state index in [2.05, 4.69) is 27.9 Å². The molecular weight excluding hydrogens is 577 g/mol. The fourth-order valence-corrected chi connectivity index (χ4v) is 4.48. The van der Waals surface area contributed by atoms with Gasteiger partial charge in [-0.15, -0.1) is 0 Å². The van der Waals surface area contributed by atoms with Crippen LogP contribution >= 0.6 is 34.2 Å². The lowest BCUT2D eigenvalue weighted by molar-refractivity contribution is -0.139. The van der Waals surface area contributed by atoms with E-state index in [0.717, 1.165) is 20.6 Å². The molecule has 2 atom stereocenters. The predicted octanol–water partition coefficient (Wildman–Crippen LogP) is 4.04. The van der Waals surface area contributed by atoms with Gasteiger partial charge in [0.2, 0.25) is 21.8 Å². The quantitative estimate of drug-likeness (QED) is 0.414. The van der Waals surface area contributed by atoms with Gasteiger partial charge >= 0.3 is 0 Å². The Balaban J connectivity index is 2.39.